The number of amides is 2. The summed E-state index contributed by atoms with van der Waals surface area (Å²) in [5.41, 5.74) is 2.84. The van der Waals surface area contributed by atoms with Crippen LogP contribution in [0.25, 0.3) is 0 Å². The Morgan fingerprint density at radius 3 is 2.71 bits per heavy atom. The Balaban J connectivity index is 2.02. The Labute approximate surface area is 122 Å². The molecule has 0 unspecified atom stereocenters. The predicted octanol–water partition coefficient (Wildman–Crippen LogP) is -0.106. The molecule has 0 spiro atoms. The van der Waals surface area contributed by atoms with E-state index in [2.05, 4.69) is 26.0 Å². The molecule has 1 heterocycles. The summed E-state index contributed by atoms with van der Waals surface area (Å²) in [6, 6.07) is 0.266. The largest absolute Gasteiger partial charge is 0.352 e. The maximum absolute atomic E-state index is 12.1. The van der Waals surface area contributed by atoms with Gasteiger partial charge in [-0.05, 0) is 12.8 Å². The number of hydrogen-bond donors (Lipinski definition) is 4. The van der Waals surface area contributed by atoms with E-state index in [0.29, 0.717) is 11.5 Å². The number of aromatic nitrogens is 2. The lowest BCUT2D eigenvalue weighted by molar-refractivity contribution is -0.120. The van der Waals surface area contributed by atoms with Crippen LogP contribution in [0.1, 0.15) is 48.9 Å². The third-order valence-corrected chi connectivity index (χ3v) is 3.05. The zero-order valence-electron chi connectivity index (χ0n) is 12.1. The number of nitrogen functional groups attached to an aromatic ring is 1. The zero-order valence-corrected chi connectivity index (χ0v) is 12.1. The highest BCUT2D eigenvalue weighted by molar-refractivity contribution is 5.99. The van der Waals surface area contributed by atoms with Crippen molar-refractivity contribution in [3.05, 3.63) is 17.7 Å². The molecule has 0 atom stereocenters. The first-order valence-electron chi connectivity index (χ1n) is 6.92. The van der Waals surface area contributed by atoms with Crippen LogP contribution < -0.4 is 21.9 Å². The smallest absolute Gasteiger partial charge is 0.272 e. The fraction of sp³-hybridized carbons (Fsp3) is 0.538. The van der Waals surface area contributed by atoms with Crippen LogP contribution in [0.2, 0.25) is 0 Å². The number of nitrogens with one attached hydrogen (secondary N) is 3. The molecule has 2 amide bonds. The van der Waals surface area contributed by atoms with Crippen LogP contribution in [0, 0.1) is 0 Å². The summed E-state index contributed by atoms with van der Waals surface area (Å²) in [5.74, 6) is 5.32. The SMILES string of the molecule is CC(C)c1ncc(NN)c(C(=O)NCC(=O)NC2CC2)n1. The van der Waals surface area contributed by atoms with Crippen LogP contribution in [0.5, 0.6) is 0 Å². The first kappa shape index (κ1) is 15.2. The fourth-order valence-corrected chi connectivity index (χ4v) is 1.70. The summed E-state index contributed by atoms with van der Waals surface area (Å²) in [7, 11) is 0. The van der Waals surface area contributed by atoms with Crippen molar-refractivity contribution in [3.8, 4) is 0 Å². The summed E-state index contributed by atoms with van der Waals surface area (Å²) in [4.78, 5) is 32.0. The fourth-order valence-electron chi connectivity index (χ4n) is 1.70. The van der Waals surface area contributed by atoms with Crippen LogP contribution in [-0.4, -0.2) is 34.4 Å². The van der Waals surface area contributed by atoms with Crippen molar-refractivity contribution in [2.24, 2.45) is 5.84 Å². The number of nitrogens with two attached hydrogens (primary N) is 1. The Bertz CT molecular complexity index is 541. The van der Waals surface area contributed by atoms with Crippen molar-refractivity contribution >= 4 is 17.5 Å². The molecule has 5 N–H and O–H groups in total. The lowest BCUT2D eigenvalue weighted by atomic mass is 10.2. The quantitative estimate of drug-likeness (QED) is 0.429. The monoisotopic (exact) mass is 292 g/mol. The van der Waals surface area contributed by atoms with E-state index < -0.39 is 5.91 Å². The van der Waals surface area contributed by atoms with Gasteiger partial charge in [0.05, 0.1) is 18.4 Å². The molecule has 0 bridgehead atoms. The van der Waals surface area contributed by atoms with Crippen molar-refractivity contribution in [1.82, 2.24) is 20.6 Å². The van der Waals surface area contributed by atoms with Crippen LogP contribution in [0.15, 0.2) is 6.20 Å². The van der Waals surface area contributed by atoms with E-state index in [1.807, 2.05) is 13.8 Å². The summed E-state index contributed by atoms with van der Waals surface area (Å²) >= 11 is 0. The molecule has 1 aliphatic carbocycles. The van der Waals surface area contributed by atoms with Gasteiger partial charge in [-0.1, -0.05) is 13.8 Å². The Morgan fingerprint density at radius 1 is 1.43 bits per heavy atom. The molecule has 1 aromatic rings. The van der Waals surface area contributed by atoms with Crippen LogP contribution in [-0.2, 0) is 4.79 Å². The van der Waals surface area contributed by atoms with Crippen molar-refractivity contribution in [2.45, 2.75) is 38.6 Å². The molecule has 2 rings (SSSR count). The van der Waals surface area contributed by atoms with Crippen molar-refractivity contribution < 1.29 is 9.59 Å². The van der Waals surface area contributed by atoms with Crippen molar-refractivity contribution in [1.29, 1.82) is 0 Å². The second kappa shape index (κ2) is 6.49. The van der Waals surface area contributed by atoms with Gasteiger partial charge in [0.2, 0.25) is 5.91 Å². The molecule has 0 aromatic carbocycles. The second-order valence-corrected chi connectivity index (χ2v) is 5.31. The van der Waals surface area contributed by atoms with Gasteiger partial charge >= 0.3 is 0 Å². The van der Waals surface area contributed by atoms with Gasteiger partial charge in [-0.25, -0.2) is 9.97 Å². The van der Waals surface area contributed by atoms with E-state index in [1.165, 1.54) is 6.20 Å². The minimum absolute atomic E-state index is 0.0830. The average molecular weight is 292 g/mol. The maximum Gasteiger partial charge on any atom is 0.272 e. The van der Waals surface area contributed by atoms with E-state index in [9.17, 15) is 9.59 Å². The molecule has 1 aromatic heterocycles. The van der Waals surface area contributed by atoms with Gasteiger partial charge in [-0.2, -0.15) is 0 Å². The highest BCUT2D eigenvalue weighted by Gasteiger charge is 2.23. The van der Waals surface area contributed by atoms with E-state index in [4.69, 9.17) is 5.84 Å². The predicted molar refractivity (Wildman–Crippen MR) is 77.4 cm³/mol. The number of hydrazine groups is 1. The van der Waals surface area contributed by atoms with E-state index in [0.717, 1.165) is 12.8 Å². The summed E-state index contributed by atoms with van der Waals surface area (Å²) in [6.45, 7) is 3.77. The number of carbonyl (C=O) groups is 2. The number of hydrogen-bond acceptors (Lipinski definition) is 6. The molecule has 8 heteroatoms. The lowest BCUT2D eigenvalue weighted by Crippen LogP contribution is -2.38. The normalized spacial score (nSPS) is 13.9. The molecule has 1 fully saturated rings. The first-order valence-corrected chi connectivity index (χ1v) is 6.92. The number of rotatable bonds is 6. The molecular weight excluding hydrogens is 272 g/mol. The van der Waals surface area contributed by atoms with Gasteiger partial charge in [-0.3, -0.25) is 15.4 Å². The second-order valence-electron chi connectivity index (χ2n) is 5.31. The zero-order chi connectivity index (χ0) is 15.4. The first-order chi connectivity index (χ1) is 10.0. The average Bonchev–Trinajstić information content (AvgIpc) is 3.27. The highest BCUT2D eigenvalue weighted by Crippen LogP contribution is 2.18. The third-order valence-electron chi connectivity index (χ3n) is 3.05. The van der Waals surface area contributed by atoms with E-state index in [-0.39, 0.29) is 30.1 Å². The molecule has 1 aliphatic rings. The van der Waals surface area contributed by atoms with Gasteiger partial charge in [0.1, 0.15) is 5.82 Å². The van der Waals surface area contributed by atoms with Gasteiger partial charge < -0.3 is 16.1 Å². The molecule has 0 saturated heterocycles. The van der Waals surface area contributed by atoms with Crippen molar-refractivity contribution in [2.75, 3.05) is 12.0 Å². The molecule has 21 heavy (non-hydrogen) atoms. The topological polar surface area (TPSA) is 122 Å². The van der Waals surface area contributed by atoms with E-state index in [1.54, 1.807) is 0 Å². The van der Waals surface area contributed by atoms with Gasteiger partial charge in [0.25, 0.3) is 5.91 Å². The Kier molecular flexibility index (Phi) is 4.69. The van der Waals surface area contributed by atoms with Crippen LogP contribution >= 0.6 is 0 Å². The maximum atomic E-state index is 12.1. The minimum atomic E-state index is -0.460. The minimum Gasteiger partial charge on any atom is -0.352 e. The van der Waals surface area contributed by atoms with Gasteiger partial charge in [0.15, 0.2) is 5.69 Å². The molecule has 0 aliphatic heterocycles. The number of nitrogens with zero attached hydrogens (tertiary/aromatic N) is 2. The molecule has 1 saturated carbocycles. The van der Waals surface area contributed by atoms with Gasteiger partial charge in [0, 0.05) is 12.0 Å². The summed E-state index contributed by atoms with van der Waals surface area (Å²) < 4.78 is 0. The Hall–Kier alpha value is -2.22. The van der Waals surface area contributed by atoms with Gasteiger partial charge in [-0.15, -0.1) is 0 Å². The molecule has 0 radical (unpaired) electrons. The van der Waals surface area contributed by atoms with Crippen LogP contribution in [0.3, 0.4) is 0 Å². The summed E-state index contributed by atoms with van der Waals surface area (Å²) in [5, 5.41) is 5.33. The third kappa shape index (κ3) is 4.12. The van der Waals surface area contributed by atoms with E-state index >= 15 is 0 Å². The molecule has 114 valence electrons. The number of anilines is 1. The summed E-state index contributed by atoms with van der Waals surface area (Å²) in [6.07, 6.45) is 3.47. The van der Waals surface area contributed by atoms with Crippen molar-refractivity contribution in [3.63, 3.8) is 0 Å². The Morgan fingerprint density at radius 2 is 2.14 bits per heavy atom. The molecule has 8 nitrogen and oxygen atoms in total. The van der Waals surface area contributed by atoms with Crippen LogP contribution in [0.4, 0.5) is 5.69 Å². The standard InChI is InChI=1S/C13H20N6O2/c1-7(2)12-15-5-9(19-14)11(18-12)13(21)16-6-10(20)17-8-3-4-8/h5,7-8,19H,3-4,6,14H2,1-2H3,(H,16,21)(H,17,20). The lowest BCUT2D eigenvalue weighted by Gasteiger charge is -2.11. The number of carbonyl (C=O) groups excluding carboxylic acids is 2. The molecular formula is C13H20N6O2. The highest BCUT2D eigenvalue weighted by atomic mass is 16.2.